The average Bonchev–Trinajstić information content (AvgIpc) is 2.64. The lowest BCUT2D eigenvalue weighted by atomic mass is 10.3. The van der Waals surface area contributed by atoms with Crippen molar-refractivity contribution in [2.24, 2.45) is 5.84 Å². The molecule has 1 aromatic heterocycles. The monoisotopic (exact) mass is 250 g/mol. The summed E-state index contributed by atoms with van der Waals surface area (Å²) in [5, 5.41) is 34.3. The van der Waals surface area contributed by atoms with Crippen molar-refractivity contribution in [2.45, 2.75) is 12.6 Å². The van der Waals surface area contributed by atoms with Crippen molar-refractivity contribution in [3.05, 3.63) is 42.2 Å². The van der Waals surface area contributed by atoms with E-state index in [1.807, 2.05) is 0 Å². The number of aromatic nitrogens is 2. The van der Waals surface area contributed by atoms with Gasteiger partial charge in [-0.05, 0) is 0 Å². The van der Waals surface area contributed by atoms with E-state index < -0.39 is 27.5 Å². The van der Waals surface area contributed by atoms with Gasteiger partial charge in [-0.1, -0.05) is 10.3 Å². The molecule has 0 fully saturated rings. The molecule has 0 bridgehead atoms. The van der Waals surface area contributed by atoms with Gasteiger partial charge in [0, 0.05) is 0 Å². The number of nitro groups is 3. The summed E-state index contributed by atoms with van der Waals surface area (Å²) in [6.45, 7) is 0. The zero-order valence-corrected chi connectivity index (χ0v) is 8.03. The van der Waals surface area contributed by atoms with Crippen LogP contribution in [0.4, 0.5) is 0 Å². The third kappa shape index (κ3) is 6.26. The number of rotatable bonds is 4. The molecule has 2 N–H and O–H groups in total. The first-order valence-electron chi connectivity index (χ1n) is 3.77. The molecule has 0 spiro atoms. The van der Waals surface area contributed by atoms with E-state index in [0.29, 0.717) is 0 Å². The molecule has 0 aliphatic heterocycles. The maximum atomic E-state index is 10.2. The van der Waals surface area contributed by atoms with E-state index in [2.05, 4.69) is 20.8 Å². The van der Waals surface area contributed by atoms with Crippen molar-refractivity contribution in [3.63, 3.8) is 0 Å². The number of nitrogens with two attached hydrogens (primary N) is 1. The maximum Gasteiger partial charge on any atom is 0.456 e. The largest absolute Gasteiger partial charge is 0.456 e. The van der Waals surface area contributed by atoms with Crippen molar-refractivity contribution in [1.29, 1.82) is 0 Å². The quantitative estimate of drug-likeness (QED) is 0.288. The first kappa shape index (κ1) is 14.1. The van der Waals surface area contributed by atoms with E-state index in [1.54, 1.807) is 0 Å². The van der Waals surface area contributed by atoms with Gasteiger partial charge >= 0.3 is 6.17 Å². The van der Waals surface area contributed by atoms with Gasteiger partial charge in [-0.2, -0.15) is 5.84 Å². The van der Waals surface area contributed by atoms with Crippen LogP contribution in [0, 0.1) is 30.3 Å². The van der Waals surface area contributed by atoms with Gasteiger partial charge < -0.3 is 0 Å². The van der Waals surface area contributed by atoms with Crippen molar-refractivity contribution in [2.75, 3.05) is 0 Å². The molecule has 0 atom stereocenters. The van der Waals surface area contributed by atoms with Crippen LogP contribution in [0.1, 0.15) is 5.69 Å². The van der Waals surface area contributed by atoms with Gasteiger partial charge in [0.05, 0.1) is 16.0 Å². The first-order valence-corrected chi connectivity index (χ1v) is 3.77. The minimum atomic E-state index is -1.90. The van der Waals surface area contributed by atoms with Gasteiger partial charge in [0.15, 0.2) is 5.03 Å². The smallest absolute Gasteiger partial charge is 0.259 e. The number of hydrogen-bond acceptors (Lipinski definition) is 9. The standard InChI is InChI=1S/C4H4N4O5.H2N2O2/c9-7(10)4(8(11)12)1-3-2-5-13-6-3;1-2(3)4/h2,4H,1H2;1H2. The Morgan fingerprint density at radius 2 is 1.76 bits per heavy atom. The van der Waals surface area contributed by atoms with Crippen molar-refractivity contribution >= 4 is 0 Å². The van der Waals surface area contributed by atoms with E-state index >= 15 is 0 Å². The Bertz CT molecular complexity index is 371. The Labute approximate surface area is 91.6 Å². The fourth-order valence-corrected chi connectivity index (χ4v) is 0.687. The minimum Gasteiger partial charge on any atom is -0.259 e. The normalized spacial score (nSPS) is 9.24. The predicted octanol–water partition coefficient (Wildman–Crippen LogP) is -1.37. The highest BCUT2D eigenvalue weighted by atomic mass is 16.7. The van der Waals surface area contributed by atoms with E-state index in [-0.39, 0.29) is 5.69 Å². The minimum absolute atomic E-state index is 0.0819. The third-order valence-corrected chi connectivity index (χ3v) is 1.29. The Kier molecular flexibility index (Phi) is 5.48. The summed E-state index contributed by atoms with van der Waals surface area (Å²) in [6.07, 6.45) is -1.23. The van der Waals surface area contributed by atoms with Gasteiger partial charge in [-0.15, -0.1) is 0 Å². The van der Waals surface area contributed by atoms with E-state index in [9.17, 15) is 20.2 Å². The topological polar surface area (TPSA) is 194 Å². The van der Waals surface area contributed by atoms with Crippen molar-refractivity contribution in [3.8, 4) is 0 Å². The van der Waals surface area contributed by atoms with E-state index in [1.165, 1.54) is 0 Å². The highest BCUT2D eigenvalue weighted by Crippen LogP contribution is 2.01. The van der Waals surface area contributed by atoms with E-state index in [0.717, 1.165) is 6.20 Å². The second-order valence-corrected chi connectivity index (χ2v) is 2.44. The Balaban J connectivity index is 0.000000557. The maximum absolute atomic E-state index is 10.2. The zero-order chi connectivity index (χ0) is 13.4. The highest BCUT2D eigenvalue weighted by Gasteiger charge is 2.33. The Morgan fingerprint density at radius 1 is 1.29 bits per heavy atom. The summed E-state index contributed by atoms with van der Waals surface area (Å²) in [6, 6.07) is 0. The van der Waals surface area contributed by atoms with Crippen LogP contribution in [0.25, 0.3) is 0 Å². The van der Waals surface area contributed by atoms with Crippen LogP contribution in [-0.2, 0) is 6.42 Å². The molecule has 1 heterocycles. The molecule has 94 valence electrons. The lowest BCUT2D eigenvalue weighted by Crippen LogP contribution is -2.30. The molecule has 17 heavy (non-hydrogen) atoms. The summed E-state index contributed by atoms with van der Waals surface area (Å²) in [5.74, 6) is 3.83. The summed E-state index contributed by atoms with van der Waals surface area (Å²) in [7, 11) is 0. The fourth-order valence-electron chi connectivity index (χ4n) is 0.687. The lowest BCUT2D eigenvalue weighted by molar-refractivity contribution is -0.741. The molecule has 0 saturated heterocycles. The van der Waals surface area contributed by atoms with Gasteiger partial charge in [0.25, 0.3) is 0 Å². The number of nitrogens with zero attached hydrogens (tertiary/aromatic N) is 5. The zero-order valence-electron chi connectivity index (χ0n) is 8.03. The molecule has 1 rings (SSSR count). The summed E-state index contributed by atoms with van der Waals surface area (Å²) < 4.78 is 4.13. The lowest BCUT2D eigenvalue weighted by Gasteiger charge is -1.97. The second kappa shape index (κ2) is 6.59. The molecule has 0 amide bonds. The van der Waals surface area contributed by atoms with Crippen LogP contribution in [0.5, 0.6) is 0 Å². The molecule has 1 aromatic rings. The van der Waals surface area contributed by atoms with Crippen molar-refractivity contribution in [1.82, 2.24) is 10.3 Å². The second-order valence-electron chi connectivity index (χ2n) is 2.44. The molecule has 0 saturated carbocycles. The van der Waals surface area contributed by atoms with Crippen LogP contribution in [0.15, 0.2) is 10.8 Å². The summed E-state index contributed by atoms with van der Waals surface area (Å²) in [4.78, 5) is 26.9. The van der Waals surface area contributed by atoms with Gasteiger partial charge in [0.2, 0.25) is 0 Å². The fraction of sp³-hybridized carbons (Fsp3) is 0.500. The molecule has 13 nitrogen and oxygen atoms in total. The third-order valence-electron chi connectivity index (χ3n) is 1.29. The molecule has 0 aromatic carbocycles. The van der Waals surface area contributed by atoms with Gasteiger partial charge in [-0.3, -0.25) is 20.2 Å². The average molecular weight is 250 g/mol. The summed E-state index contributed by atoms with van der Waals surface area (Å²) >= 11 is 0. The SMILES string of the molecule is N[N+](=O)[O-].O=[N+]([O-])C(Cc1cnon1)[N+](=O)[O-]. The predicted molar refractivity (Wildman–Crippen MR) is 47.0 cm³/mol. The van der Waals surface area contributed by atoms with Crippen LogP contribution in [0.2, 0.25) is 0 Å². The van der Waals surface area contributed by atoms with Crippen LogP contribution >= 0.6 is 0 Å². The molecule has 0 aliphatic carbocycles. The Hall–Kier alpha value is -2.86. The first-order chi connectivity index (χ1) is 7.84. The highest BCUT2D eigenvalue weighted by molar-refractivity contribution is 4.89. The van der Waals surface area contributed by atoms with Crippen LogP contribution in [-0.4, -0.2) is 31.4 Å². The van der Waals surface area contributed by atoms with E-state index in [4.69, 9.17) is 10.1 Å². The molecule has 0 unspecified atom stereocenters. The van der Waals surface area contributed by atoms with Gasteiger partial charge in [0.1, 0.15) is 12.1 Å². The Morgan fingerprint density at radius 3 is 2.06 bits per heavy atom. The van der Waals surface area contributed by atoms with Gasteiger partial charge in [-0.25, -0.2) is 14.7 Å². The van der Waals surface area contributed by atoms with Crippen LogP contribution in [0.3, 0.4) is 0 Å². The molecule has 0 radical (unpaired) electrons. The van der Waals surface area contributed by atoms with Crippen molar-refractivity contribution < 1.29 is 19.5 Å². The molecular weight excluding hydrogens is 244 g/mol. The molecule has 13 heteroatoms. The molecule has 0 aliphatic rings. The number of hydrogen-bond donors (Lipinski definition) is 1. The van der Waals surface area contributed by atoms with Crippen LogP contribution < -0.4 is 5.84 Å². The number of hydrazine groups is 1. The molecular formula is C4H6N6O7. The summed E-state index contributed by atoms with van der Waals surface area (Å²) in [5.41, 5.74) is 0.0819.